The van der Waals surface area contributed by atoms with E-state index < -0.39 is 12.2 Å². The lowest BCUT2D eigenvalue weighted by Crippen LogP contribution is -2.34. The molecule has 0 saturated carbocycles. The van der Waals surface area contributed by atoms with E-state index in [0.717, 1.165) is 30.0 Å². The van der Waals surface area contributed by atoms with Gasteiger partial charge in [-0.2, -0.15) is 0 Å². The van der Waals surface area contributed by atoms with Gasteiger partial charge in [-0.25, -0.2) is 4.79 Å². The molecule has 2 saturated heterocycles. The second-order valence-corrected chi connectivity index (χ2v) is 9.60. The molecule has 2 fully saturated rings. The zero-order valence-electron chi connectivity index (χ0n) is 15.6. The monoisotopic (exact) mass is 453 g/mol. The Morgan fingerprint density at radius 3 is 2.93 bits per heavy atom. The first-order valence-electron chi connectivity index (χ1n) is 9.36. The van der Waals surface area contributed by atoms with Crippen LogP contribution < -0.4 is 10.2 Å². The number of carbonyl (C=O) groups is 3. The number of cyclic esters (lactones) is 1. The van der Waals surface area contributed by atoms with Crippen LogP contribution in [0.3, 0.4) is 0 Å². The molecule has 0 radical (unpaired) electrons. The molecule has 0 spiro atoms. The molecule has 2 aromatic rings. The van der Waals surface area contributed by atoms with Gasteiger partial charge in [0.2, 0.25) is 5.91 Å². The van der Waals surface area contributed by atoms with Crippen LogP contribution in [-0.4, -0.2) is 48.5 Å². The van der Waals surface area contributed by atoms with Crippen molar-refractivity contribution in [2.24, 2.45) is 0 Å². The molecule has 4 rings (SSSR count). The molecule has 3 amide bonds. The minimum absolute atomic E-state index is 0.187. The normalized spacial score (nSPS) is 19.6. The van der Waals surface area contributed by atoms with E-state index in [9.17, 15) is 14.4 Å². The fourth-order valence-electron chi connectivity index (χ4n) is 3.37. The van der Waals surface area contributed by atoms with E-state index in [1.54, 1.807) is 17.0 Å². The van der Waals surface area contributed by atoms with Crippen molar-refractivity contribution in [2.75, 3.05) is 24.5 Å². The van der Waals surface area contributed by atoms with Crippen molar-refractivity contribution in [1.82, 2.24) is 10.2 Å². The number of nitrogens with one attached hydrogen (secondary N) is 1. The lowest BCUT2D eigenvalue weighted by molar-refractivity contribution is -0.133. The first kappa shape index (κ1) is 20.2. The Balaban J connectivity index is 1.31. The van der Waals surface area contributed by atoms with Crippen LogP contribution in [-0.2, 0) is 16.1 Å². The van der Waals surface area contributed by atoms with Gasteiger partial charge in [-0.3, -0.25) is 14.5 Å². The Bertz CT molecular complexity index is 928. The maximum atomic E-state index is 12.3. The summed E-state index contributed by atoms with van der Waals surface area (Å²) in [5.41, 5.74) is 1.01. The Kier molecular flexibility index (Phi) is 6.07. The van der Waals surface area contributed by atoms with Gasteiger partial charge in [0, 0.05) is 19.5 Å². The number of anilines is 1. The van der Waals surface area contributed by atoms with Crippen molar-refractivity contribution in [3.63, 3.8) is 0 Å². The number of hydrogen-bond donors (Lipinski definition) is 1. The lowest BCUT2D eigenvalue weighted by Gasteiger charge is -2.26. The summed E-state index contributed by atoms with van der Waals surface area (Å²) >= 11 is 8.51. The second-order valence-electron chi connectivity index (χ2n) is 7.00. The summed E-state index contributed by atoms with van der Waals surface area (Å²) in [6, 6.07) is 5.27. The molecule has 4 heterocycles. The third kappa shape index (κ3) is 4.73. The second kappa shape index (κ2) is 8.73. The van der Waals surface area contributed by atoms with Crippen molar-refractivity contribution in [2.45, 2.75) is 31.9 Å². The topological polar surface area (TPSA) is 79.0 Å². The highest BCUT2D eigenvalue weighted by atomic mass is 35.5. The SMILES string of the molecule is O=C(NC[C@H]1CN(c2cc(CN3CCCCC3=O)cs2)C(=O)O1)c1ccc(Cl)s1. The number of piperidine rings is 1. The summed E-state index contributed by atoms with van der Waals surface area (Å²) in [5.74, 6) is -0.0478. The van der Waals surface area contributed by atoms with Crippen LogP contribution in [0.5, 0.6) is 0 Å². The van der Waals surface area contributed by atoms with Gasteiger partial charge in [0.05, 0.1) is 22.3 Å². The highest BCUT2D eigenvalue weighted by Gasteiger charge is 2.33. The van der Waals surface area contributed by atoms with E-state index in [4.69, 9.17) is 16.3 Å². The van der Waals surface area contributed by atoms with Gasteiger partial charge >= 0.3 is 6.09 Å². The molecule has 0 aromatic carbocycles. The molecular weight excluding hydrogens is 434 g/mol. The molecule has 29 heavy (non-hydrogen) atoms. The molecule has 0 unspecified atom stereocenters. The summed E-state index contributed by atoms with van der Waals surface area (Å²) in [6.45, 7) is 1.96. The molecule has 2 aromatic heterocycles. The molecule has 1 N–H and O–H groups in total. The highest BCUT2D eigenvalue weighted by Crippen LogP contribution is 2.30. The van der Waals surface area contributed by atoms with Crippen LogP contribution in [0, 0.1) is 0 Å². The predicted molar refractivity (Wildman–Crippen MR) is 113 cm³/mol. The van der Waals surface area contributed by atoms with Gasteiger partial charge in [-0.15, -0.1) is 22.7 Å². The number of thiophene rings is 2. The van der Waals surface area contributed by atoms with Crippen molar-refractivity contribution in [3.05, 3.63) is 38.4 Å². The van der Waals surface area contributed by atoms with E-state index >= 15 is 0 Å². The Morgan fingerprint density at radius 1 is 1.31 bits per heavy atom. The molecule has 2 aliphatic rings. The summed E-state index contributed by atoms with van der Waals surface area (Å²) in [5, 5.41) is 5.54. The summed E-state index contributed by atoms with van der Waals surface area (Å²) in [4.78, 5) is 40.3. The predicted octanol–water partition coefficient (Wildman–Crippen LogP) is 3.73. The maximum Gasteiger partial charge on any atom is 0.415 e. The summed E-state index contributed by atoms with van der Waals surface area (Å²) in [6.07, 6.45) is 1.76. The van der Waals surface area contributed by atoms with Crippen molar-refractivity contribution >= 4 is 57.2 Å². The molecule has 0 aliphatic carbocycles. The van der Waals surface area contributed by atoms with Crippen molar-refractivity contribution in [3.8, 4) is 0 Å². The Labute approximate surface area is 181 Å². The van der Waals surface area contributed by atoms with E-state index in [0.29, 0.717) is 28.7 Å². The fraction of sp³-hybridized carbons (Fsp3) is 0.421. The van der Waals surface area contributed by atoms with Gasteiger partial charge in [-0.1, -0.05) is 11.6 Å². The fourth-order valence-corrected chi connectivity index (χ4v) is 5.24. The minimum Gasteiger partial charge on any atom is -0.442 e. The zero-order chi connectivity index (χ0) is 20.4. The average molecular weight is 454 g/mol. The van der Waals surface area contributed by atoms with Gasteiger partial charge in [-0.05, 0) is 42.0 Å². The lowest BCUT2D eigenvalue weighted by atomic mass is 10.1. The van der Waals surface area contributed by atoms with Gasteiger partial charge in [0.15, 0.2) is 0 Å². The van der Waals surface area contributed by atoms with Crippen LogP contribution in [0.2, 0.25) is 4.34 Å². The van der Waals surface area contributed by atoms with Gasteiger partial charge in [0.1, 0.15) is 11.1 Å². The third-order valence-electron chi connectivity index (χ3n) is 4.86. The van der Waals surface area contributed by atoms with Crippen molar-refractivity contribution in [1.29, 1.82) is 0 Å². The van der Waals surface area contributed by atoms with E-state index in [2.05, 4.69) is 5.32 Å². The maximum absolute atomic E-state index is 12.3. The standard InChI is InChI=1S/C19H20ClN3O4S2/c20-15-5-4-14(29-15)18(25)21-8-13-10-23(19(26)27-13)17-7-12(11-28-17)9-22-6-2-1-3-16(22)24/h4-5,7,11,13H,1-3,6,8-10H2,(H,21,25)/t13-/m0/s1. The number of rotatable bonds is 6. The first-order chi connectivity index (χ1) is 14.0. The molecule has 10 heteroatoms. The summed E-state index contributed by atoms with van der Waals surface area (Å²) in [7, 11) is 0. The number of halogens is 1. The van der Waals surface area contributed by atoms with Crippen LogP contribution in [0.4, 0.5) is 9.80 Å². The first-order valence-corrected chi connectivity index (χ1v) is 11.4. The quantitative estimate of drug-likeness (QED) is 0.722. The number of likely N-dealkylation sites (tertiary alicyclic amines) is 1. The van der Waals surface area contributed by atoms with E-state index in [-0.39, 0.29) is 18.4 Å². The van der Waals surface area contributed by atoms with Crippen LogP contribution in [0.1, 0.15) is 34.5 Å². The number of carbonyl (C=O) groups excluding carboxylic acids is 3. The summed E-state index contributed by atoms with van der Waals surface area (Å²) < 4.78 is 5.94. The third-order valence-corrected chi connectivity index (χ3v) is 7.09. The number of hydrogen-bond acceptors (Lipinski definition) is 6. The molecular formula is C19H20ClN3O4S2. The van der Waals surface area contributed by atoms with E-state index in [1.165, 1.54) is 22.7 Å². The molecule has 154 valence electrons. The van der Waals surface area contributed by atoms with Crippen LogP contribution in [0.15, 0.2) is 23.6 Å². The Morgan fingerprint density at radius 2 is 2.17 bits per heavy atom. The number of amides is 3. The zero-order valence-corrected chi connectivity index (χ0v) is 17.9. The highest BCUT2D eigenvalue weighted by molar-refractivity contribution is 7.18. The molecule has 2 aliphatic heterocycles. The molecule has 7 nitrogen and oxygen atoms in total. The Hall–Kier alpha value is -2.10. The molecule has 0 bridgehead atoms. The average Bonchev–Trinajstić information content (AvgIpc) is 3.42. The van der Waals surface area contributed by atoms with Gasteiger partial charge in [0.25, 0.3) is 5.91 Å². The minimum atomic E-state index is -0.425. The van der Waals surface area contributed by atoms with E-state index in [1.807, 2.05) is 16.3 Å². The van der Waals surface area contributed by atoms with Crippen LogP contribution >= 0.6 is 34.3 Å². The number of ether oxygens (including phenoxy) is 1. The van der Waals surface area contributed by atoms with Crippen LogP contribution in [0.25, 0.3) is 0 Å². The van der Waals surface area contributed by atoms with Gasteiger partial charge < -0.3 is 15.0 Å². The largest absolute Gasteiger partial charge is 0.442 e. The number of nitrogens with zero attached hydrogens (tertiary/aromatic N) is 2. The molecule has 1 atom stereocenters. The smallest absolute Gasteiger partial charge is 0.415 e. The van der Waals surface area contributed by atoms with Crippen molar-refractivity contribution < 1.29 is 19.1 Å².